The fraction of sp³-hybridized carbons (Fsp3) is 0.460. The van der Waals surface area contributed by atoms with Crippen LogP contribution in [0.3, 0.4) is 0 Å². The second-order valence-corrected chi connectivity index (χ2v) is 17.6. The lowest BCUT2D eigenvalue weighted by molar-refractivity contribution is -0.142. The van der Waals surface area contributed by atoms with E-state index in [1.807, 2.05) is 106 Å². The van der Waals surface area contributed by atoms with Gasteiger partial charge in [-0.3, -0.25) is 28.8 Å². The van der Waals surface area contributed by atoms with Gasteiger partial charge in [0.2, 0.25) is 29.5 Å². The van der Waals surface area contributed by atoms with Crippen LogP contribution in [0.1, 0.15) is 96.8 Å². The number of fused-ring (bicyclic) bond motifs is 1. The minimum Gasteiger partial charge on any atom is -0.481 e. The topological polar surface area (TPSA) is 248 Å². The third-order valence-corrected chi connectivity index (χ3v) is 12.0. The van der Waals surface area contributed by atoms with Crippen LogP contribution in [0.15, 0.2) is 91.1 Å². The van der Waals surface area contributed by atoms with Gasteiger partial charge in [-0.2, -0.15) is 0 Å². The van der Waals surface area contributed by atoms with Crippen LogP contribution >= 0.6 is 0 Å². The molecule has 0 unspecified atom stereocenters. The molecule has 0 aliphatic heterocycles. The van der Waals surface area contributed by atoms with Crippen molar-refractivity contribution in [2.45, 2.75) is 123 Å². The lowest BCUT2D eigenvalue weighted by Gasteiger charge is -2.32. The number of aromatic nitrogens is 1. The summed E-state index contributed by atoms with van der Waals surface area (Å²) >= 11 is 0. The van der Waals surface area contributed by atoms with Gasteiger partial charge in [-0.1, -0.05) is 133 Å². The Kier molecular flexibility index (Phi) is 19.9. The van der Waals surface area contributed by atoms with Crippen LogP contribution in [0.5, 0.6) is 0 Å². The highest BCUT2D eigenvalue weighted by atomic mass is 16.4. The fourth-order valence-electron chi connectivity index (χ4n) is 8.05. The highest BCUT2D eigenvalue weighted by molar-refractivity contribution is 5.97. The number of benzene rings is 3. The van der Waals surface area contributed by atoms with E-state index in [4.69, 9.17) is 0 Å². The molecule has 0 spiro atoms. The monoisotopic (exact) mass is 910 g/mol. The predicted octanol–water partition coefficient (Wildman–Crippen LogP) is 4.64. The summed E-state index contributed by atoms with van der Waals surface area (Å²) in [5, 5.41) is 37.9. The van der Waals surface area contributed by atoms with Crippen molar-refractivity contribution in [2.24, 2.45) is 17.8 Å². The smallest absolute Gasteiger partial charge is 0.326 e. The molecule has 1 aromatic heterocycles. The molecule has 0 aliphatic rings. The maximum atomic E-state index is 14.2. The Morgan fingerprint density at radius 2 is 1.11 bits per heavy atom. The van der Waals surface area contributed by atoms with Crippen molar-refractivity contribution < 1.29 is 43.8 Å². The van der Waals surface area contributed by atoms with Gasteiger partial charge in [-0.25, -0.2) is 4.79 Å². The third kappa shape index (κ3) is 15.0. The Morgan fingerprint density at radius 3 is 1.62 bits per heavy atom. The number of carboxylic acid groups (broad SMARTS) is 2. The van der Waals surface area contributed by atoms with Crippen molar-refractivity contribution in [3.8, 4) is 0 Å². The number of hydrogen-bond acceptors (Lipinski definition) is 8. The molecule has 8 atom stereocenters. The van der Waals surface area contributed by atoms with Crippen LogP contribution in [0.4, 0.5) is 0 Å². The van der Waals surface area contributed by atoms with Crippen LogP contribution in [-0.4, -0.2) is 99.5 Å². The average Bonchev–Trinajstić information content (AvgIpc) is 3.70. The van der Waals surface area contributed by atoms with Gasteiger partial charge in [0.05, 0.1) is 18.5 Å². The molecule has 16 nitrogen and oxygen atoms in total. The first-order chi connectivity index (χ1) is 31.4. The van der Waals surface area contributed by atoms with E-state index in [1.54, 1.807) is 27.0 Å². The molecule has 1 heterocycles. The summed E-state index contributed by atoms with van der Waals surface area (Å²) in [6.07, 6.45) is 1.98. The Balaban J connectivity index is 1.53. The van der Waals surface area contributed by atoms with E-state index >= 15 is 0 Å². The number of carbonyl (C=O) groups is 7. The summed E-state index contributed by atoms with van der Waals surface area (Å²) in [5.74, 6) is -7.26. The maximum absolute atomic E-state index is 14.2. The number of rotatable bonds is 26. The van der Waals surface area contributed by atoms with Crippen molar-refractivity contribution in [2.75, 3.05) is 6.54 Å². The van der Waals surface area contributed by atoms with Crippen LogP contribution in [-0.2, 0) is 40.0 Å². The fourth-order valence-corrected chi connectivity index (χ4v) is 8.05. The molecular formula is C50H67N7O9. The third-order valence-electron chi connectivity index (χ3n) is 12.0. The number of hydrogen-bond donors (Lipinski definition) is 9. The number of carboxylic acids is 2. The predicted molar refractivity (Wildman–Crippen MR) is 252 cm³/mol. The summed E-state index contributed by atoms with van der Waals surface area (Å²) in [6.45, 7) is 12.4. The minimum atomic E-state index is -1.60. The quantitative estimate of drug-likeness (QED) is 0.0422. The van der Waals surface area contributed by atoms with Crippen molar-refractivity contribution in [1.29, 1.82) is 0 Å². The Bertz CT molecular complexity index is 2210. The van der Waals surface area contributed by atoms with E-state index in [2.05, 4.69) is 36.9 Å². The van der Waals surface area contributed by atoms with Gasteiger partial charge in [0.1, 0.15) is 24.2 Å². The van der Waals surface area contributed by atoms with E-state index in [1.165, 1.54) is 6.92 Å². The van der Waals surface area contributed by atoms with E-state index in [0.717, 1.165) is 22.0 Å². The van der Waals surface area contributed by atoms with Gasteiger partial charge in [0.15, 0.2) is 0 Å². The van der Waals surface area contributed by atoms with Gasteiger partial charge < -0.3 is 47.1 Å². The standard InChI is InChI=1S/C50H67N7O9/c1-8-30(5)44(48(63)55-40(50(65)66)25-35-27-51-37-23-17-16-22-36(35)37)57-49(64)45(31(6)9-2)56-47(62)39(26-42(59)60)54-46(61)38(24-29(3)4)52-28-41(53-32(7)58)43(33-18-12-10-13-19-33)34-20-14-11-15-21-34/h10-23,27,29-31,38-41,43-45,51-52H,8-9,24-26,28H2,1-7H3,(H,53,58)(H,54,61)(H,55,63)(H,56,62)(H,57,64)(H,59,60)(H,65,66)/t30-,31-,38-,39-,40-,41-,44-,45-/m0/s1. The number of carbonyl (C=O) groups excluding carboxylic acids is 5. The van der Waals surface area contributed by atoms with Gasteiger partial charge in [0, 0.05) is 42.9 Å². The summed E-state index contributed by atoms with van der Waals surface area (Å²) in [7, 11) is 0. The second-order valence-electron chi connectivity index (χ2n) is 17.6. The molecular weight excluding hydrogens is 843 g/mol. The molecule has 4 aromatic rings. The number of aliphatic carboxylic acids is 2. The first-order valence-corrected chi connectivity index (χ1v) is 22.7. The van der Waals surface area contributed by atoms with E-state index in [9.17, 15) is 43.8 Å². The molecule has 4 rings (SSSR count). The lowest BCUT2D eigenvalue weighted by atomic mass is 9.84. The molecule has 3 aromatic carbocycles. The SMILES string of the molecule is CC[C@H](C)[C@H](NC(=O)[C@H](CC(=O)O)NC(=O)[C@H](CC(C)C)NC[C@H](NC(C)=O)C(c1ccccc1)c1ccccc1)C(=O)N[C@H](C(=O)N[C@@H](Cc1c[nH]c2ccccc12)C(=O)O)[C@@H](C)CC. The van der Waals surface area contributed by atoms with Crippen LogP contribution in [0, 0.1) is 17.8 Å². The lowest BCUT2D eigenvalue weighted by Crippen LogP contribution is -2.61. The van der Waals surface area contributed by atoms with Crippen molar-refractivity contribution in [1.82, 2.24) is 36.9 Å². The summed E-state index contributed by atoms with van der Waals surface area (Å²) in [5.41, 5.74) is 3.38. The molecule has 0 saturated heterocycles. The Morgan fingerprint density at radius 1 is 0.606 bits per heavy atom. The van der Waals surface area contributed by atoms with Crippen molar-refractivity contribution >= 4 is 52.4 Å². The van der Waals surface area contributed by atoms with Gasteiger partial charge in [-0.15, -0.1) is 0 Å². The normalized spacial score (nSPS) is 15.0. The number of nitrogens with one attached hydrogen (secondary N) is 7. The molecule has 0 radical (unpaired) electrons. The second kappa shape index (κ2) is 25.2. The molecule has 356 valence electrons. The van der Waals surface area contributed by atoms with Crippen molar-refractivity contribution in [3.05, 3.63) is 108 Å². The summed E-state index contributed by atoms with van der Waals surface area (Å²) in [4.78, 5) is 96.6. The number of amides is 5. The Hall–Kier alpha value is -6.55. The largest absolute Gasteiger partial charge is 0.481 e. The summed E-state index contributed by atoms with van der Waals surface area (Å²) < 4.78 is 0. The van der Waals surface area contributed by atoms with Crippen LogP contribution in [0.25, 0.3) is 10.9 Å². The number of aromatic amines is 1. The van der Waals surface area contributed by atoms with Crippen LogP contribution in [0.2, 0.25) is 0 Å². The minimum absolute atomic E-state index is 0.0216. The molecule has 0 saturated carbocycles. The van der Waals surface area contributed by atoms with Crippen LogP contribution < -0.4 is 31.9 Å². The molecule has 66 heavy (non-hydrogen) atoms. The van der Waals surface area contributed by atoms with Gasteiger partial charge in [0.25, 0.3) is 0 Å². The zero-order valence-corrected chi connectivity index (χ0v) is 38.9. The van der Waals surface area contributed by atoms with E-state index in [-0.39, 0.29) is 30.7 Å². The summed E-state index contributed by atoms with van der Waals surface area (Å²) in [6, 6.07) is 19.8. The molecule has 0 aliphatic carbocycles. The zero-order chi connectivity index (χ0) is 48.5. The number of H-pyrrole nitrogens is 1. The highest BCUT2D eigenvalue weighted by Crippen LogP contribution is 2.28. The Labute approximate surface area is 386 Å². The first-order valence-electron chi connectivity index (χ1n) is 22.7. The maximum Gasteiger partial charge on any atom is 0.326 e. The van der Waals surface area contributed by atoms with E-state index in [0.29, 0.717) is 24.8 Å². The number of para-hydroxylation sites is 1. The highest BCUT2D eigenvalue weighted by Gasteiger charge is 2.37. The first kappa shape index (κ1) is 52.1. The molecule has 9 N–H and O–H groups in total. The molecule has 0 fully saturated rings. The zero-order valence-electron chi connectivity index (χ0n) is 38.9. The van der Waals surface area contributed by atoms with E-state index < -0.39 is 90.1 Å². The van der Waals surface area contributed by atoms with Gasteiger partial charge in [-0.05, 0) is 46.9 Å². The average molecular weight is 910 g/mol. The molecule has 16 heteroatoms. The van der Waals surface area contributed by atoms with Crippen molar-refractivity contribution in [3.63, 3.8) is 0 Å². The molecule has 5 amide bonds. The van der Waals surface area contributed by atoms with Gasteiger partial charge >= 0.3 is 11.9 Å². The molecule has 0 bridgehead atoms.